The zero-order valence-corrected chi connectivity index (χ0v) is 13.3. The molecule has 6 heteroatoms. The maximum Gasteiger partial charge on any atom is 0.316 e. The van der Waals surface area contributed by atoms with Crippen molar-refractivity contribution >= 4 is 5.91 Å². The standard InChI is InChI=1S/C16H20N4O2/c1-11-5-6-17-14(7-11)8-12(2)20(3)15(21)13-9-18-16(22-4)19-10-13/h5-7,9-10,12H,8H2,1-4H3. The second kappa shape index (κ2) is 6.98. The topological polar surface area (TPSA) is 68.2 Å². The number of likely N-dealkylation sites (N-methyl/N-ethyl adjacent to an activating group) is 1. The number of aromatic nitrogens is 3. The number of ether oxygens (including phenoxy) is 1. The van der Waals surface area contributed by atoms with Crippen LogP contribution in [0.15, 0.2) is 30.7 Å². The first kappa shape index (κ1) is 15.9. The fourth-order valence-corrected chi connectivity index (χ4v) is 2.09. The lowest BCUT2D eigenvalue weighted by molar-refractivity contribution is 0.0742. The Balaban J connectivity index is 2.05. The van der Waals surface area contributed by atoms with Crippen LogP contribution in [0.3, 0.4) is 0 Å². The molecule has 0 bridgehead atoms. The van der Waals surface area contributed by atoms with Crippen LogP contribution in [0, 0.1) is 6.92 Å². The molecule has 0 N–H and O–H groups in total. The molecule has 0 aliphatic rings. The molecular formula is C16H20N4O2. The summed E-state index contributed by atoms with van der Waals surface area (Å²) in [5.41, 5.74) is 2.57. The zero-order chi connectivity index (χ0) is 16.1. The largest absolute Gasteiger partial charge is 0.467 e. The first-order valence-corrected chi connectivity index (χ1v) is 7.06. The van der Waals surface area contributed by atoms with Crippen LogP contribution in [0.5, 0.6) is 6.01 Å². The second-order valence-electron chi connectivity index (χ2n) is 5.25. The van der Waals surface area contributed by atoms with Gasteiger partial charge in [0, 0.05) is 43.8 Å². The Hall–Kier alpha value is -2.50. The highest BCUT2D eigenvalue weighted by Gasteiger charge is 2.19. The zero-order valence-electron chi connectivity index (χ0n) is 13.3. The number of aryl methyl sites for hydroxylation is 1. The Morgan fingerprint density at radius 2 is 2.00 bits per heavy atom. The maximum absolute atomic E-state index is 12.4. The van der Waals surface area contributed by atoms with E-state index in [1.807, 2.05) is 26.0 Å². The van der Waals surface area contributed by atoms with Gasteiger partial charge in [-0.3, -0.25) is 9.78 Å². The number of hydrogen-bond donors (Lipinski definition) is 0. The Kier molecular flexibility index (Phi) is 5.04. The normalized spacial score (nSPS) is 11.8. The molecule has 1 amide bonds. The van der Waals surface area contributed by atoms with Gasteiger partial charge in [0.2, 0.25) is 0 Å². The molecule has 22 heavy (non-hydrogen) atoms. The third-order valence-corrected chi connectivity index (χ3v) is 3.52. The minimum atomic E-state index is -0.122. The van der Waals surface area contributed by atoms with Crippen molar-refractivity contribution in [3.05, 3.63) is 47.5 Å². The summed E-state index contributed by atoms with van der Waals surface area (Å²) in [4.78, 5) is 26.4. The van der Waals surface area contributed by atoms with Crippen LogP contribution in [0.1, 0.15) is 28.5 Å². The van der Waals surface area contributed by atoms with Gasteiger partial charge in [0.15, 0.2) is 0 Å². The van der Waals surface area contributed by atoms with Crippen molar-refractivity contribution in [3.8, 4) is 6.01 Å². The van der Waals surface area contributed by atoms with Gasteiger partial charge in [0.05, 0.1) is 12.7 Å². The molecule has 1 unspecified atom stereocenters. The van der Waals surface area contributed by atoms with Crippen molar-refractivity contribution < 1.29 is 9.53 Å². The quantitative estimate of drug-likeness (QED) is 0.843. The number of rotatable bonds is 5. The average Bonchev–Trinajstić information content (AvgIpc) is 2.53. The van der Waals surface area contributed by atoms with Gasteiger partial charge < -0.3 is 9.64 Å². The molecule has 116 valence electrons. The highest BCUT2D eigenvalue weighted by molar-refractivity contribution is 5.93. The number of methoxy groups -OCH3 is 1. The minimum Gasteiger partial charge on any atom is -0.467 e. The van der Waals surface area contributed by atoms with Crippen molar-refractivity contribution in [1.82, 2.24) is 19.9 Å². The summed E-state index contributed by atoms with van der Waals surface area (Å²) >= 11 is 0. The number of pyridine rings is 1. The second-order valence-corrected chi connectivity index (χ2v) is 5.25. The molecule has 1 atom stereocenters. The molecule has 6 nitrogen and oxygen atoms in total. The van der Waals surface area contributed by atoms with E-state index in [0.29, 0.717) is 12.0 Å². The Morgan fingerprint density at radius 1 is 1.32 bits per heavy atom. The molecule has 0 radical (unpaired) electrons. The van der Waals surface area contributed by atoms with Crippen LogP contribution in [0.25, 0.3) is 0 Å². The van der Waals surface area contributed by atoms with E-state index in [1.54, 1.807) is 18.1 Å². The summed E-state index contributed by atoms with van der Waals surface area (Å²) in [5, 5.41) is 0. The SMILES string of the molecule is COc1ncc(C(=O)N(C)C(C)Cc2cc(C)ccn2)cn1. The van der Waals surface area contributed by atoms with E-state index in [2.05, 4.69) is 15.0 Å². The molecule has 2 heterocycles. The average molecular weight is 300 g/mol. The minimum absolute atomic E-state index is 0.0175. The number of carbonyl (C=O) groups excluding carboxylic acids is 1. The molecule has 2 aromatic rings. The van der Waals surface area contributed by atoms with Crippen molar-refractivity contribution in [2.75, 3.05) is 14.2 Å². The first-order valence-electron chi connectivity index (χ1n) is 7.06. The lowest BCUT2D eigenvalue weighted by Gasteiger charge is -2.24. The lowest BCUT2D eigenvalue weighted by Crippen LogP contribution is -2.36. The van der Waals surface area contributed by atoms with Crippen molar-refractivity contribution in [1.29, 1.82) is 0 Å². The molecule has 0 saturated heterocycles. The number of hydrogen-bond acceptors (Lipinski definition) is 5. The monoisotopic (exact) mass is 300 g/mol. The number of amides is 1. The molecule has 2 rings (SSSR count). The Bertz CT molecular complexity index is 643. The van der Waals surface area contributed by atoms with Crippen LogP contribution in [-0.4, -0.2) is 46.0 Å². The fourth-order valence-electron chi connectivity index (χ4n) is 2.09. The van der Waals surface area contributed by atoms with Crippen molar-refractivity contribution in [3.63, 3.8) is 0 Å². The fraction of sp³-hybridized carbons (Fsp3) is 0.375. The Morgan fingerprint density at radius 3 is 2.59 bits per heavy atom. The summed E-state index contributed by atoms with van der Waals surface area (Å²) in [6.07, 6.45) is 5.43. The number of nitrogens with zero attached hydrogens (tertiary/aromatic N) is 4. The Labute approximate surface area is 130 Å². The van der Waals surface area contributed by atoms with E-state index in [9.17, 15) is 4.79 Å². The van der Waals surface area contributed by atoms with Crippen LogP contribution < -0.4 is 4.74 Å². The van der Waals surface area contributed by atoms with Crippen LogP contribution in [-0.2, 0) is 6.42 Å². The van der Waals surface area contributed by atoms with Gasteiger partial charge in [-0.05, 0) is 31.5 Å². The smallest absolute Gasteiger partial charge is 0.316 e. The van der Waals surface area contributed by atoms with Crippen molar-refractivity contribution in [2.24, 2.45) is 0 Å². The van der Waals surface area contributed by atoms with Gasteiger partial charge in [-0.2, -0.15) is 0 Å². The van der Waals surface area contributed by atoms with E-state index >= 15 is 0 Å². The van der Waals surface area contributed by atoms with E-state index in [4.69, 9.17) is 4.74 Å². The third kappa shape index (κ3) is 3.78. The van der Waals surface area contributed by atoms with Gasteiger partial charge in [-0.15, -0.1) is 0 Å². The van der Waals surface area contributed by atoms with Crippen molar-refractivity contribution in [2.45, 2.75) is 26.3 Å². The highest BCUT2D eigenvalue weighted by atomic mass is 16.5. The summed E-state index contributed by atoms with van der Waals surface area (Å²) in [6, 6.07) is 4.25. The third-order valence-electron chi connectivity index (χ3n) is 3.52. The molecule has 0 aromatic carbocycles. The maximum atomic E-state index is 12.4. The van der Waals surface area contributed by atoms with E-state index < -0.39 is 0 Å². The number of carbonyl (C=O) groups is 1. The summed E-state index contributed by atoms with van der Waals surface area (Å²) in [5.74, 6) is -0.122. The molecular weight excluding hydrogens is 280 g/mol. The van der Waals surface area contributed by atoms with Crippen LogP contribution >= 0.6 is 0 Å². The molecule has 0 aliphatic carbocycles. The van der Waals surface area contributed by atoms with E-state index in [0.717, 1.165) is 11.3 Å². The molecule has 2 aromatic heterocycles. The predicted molar refractivity (Wildman–Crippen MR) is 82.8 cm³/mol. The molecule has 0 spiro atoms. The first-order chi connectivity index (χ1) is 10.5. The molecule has 0 saturated carbocycles. The predicted octanol–water partition coefficient (Wildman–Crippen LogP) is 1.89. The van der Waals surface area contributed by atoms with Gasteiger partial charge in [0.25, 0.3) is 5.91 Å². The summed E-state index contributed by atoms with van der Waals surface area (Å²) in [6.45, 7) is 4.02. The highest BCUT2D eigenvalue weighted by Crippen LogP contribution is 2.11. The summed E-state index contributed by atoms with van der Waals surface area (Å²) in [7, 11) is 3.26. The van der Waals surface area contributed by atoms with E-state index in [1.165, 1.54) is 19.5 Å². The van der Waals surface area contributed by atoms with Gasteiger partial charge in [-0.1, -0.05) is 0 Å². The lowest BCUT2D eigenvalue weighted by atomic mass is 10.1. The summed E-state index contributed by atoms with van der Waals surface area (Å²) < 4.78 is 4.89. The van der Waals surface area contributed by atoms with E-state index in [-0.39, 0.29) is 18.0 Å². The van der Waals surface area contributed by atoms with Gasteiger partial charge in [-0.25, -0.2) is 9.97 Å². The van der Waals surface area contributed by atoms with Gasteiger partial charge >= 0.3 is 6.01 Å². The molecule has 0 fully saturated rings. The molecule has 0 aliphatic heterocycles. The van der Waals surface area contributed by atoms with Gasteiger partial charge in [0.1, 0.15) is 0 Å². The van der Waals surface area contributed by atoms with Crippen LogP contribution in [0.2, 0.25) is 0 Å². The van der Waals surface area contributed by atoms with Crippen LogP contribution in [0.4, 0.5) is 0 Å².